The quantitative estimate of drug-likeness (QED) is 0.654. The van der Waals surface area contributed by atoms with Gasteiger partial charge in [-0.3, -0.25) is 0 Å². The van der Waals surface area contributed by atoms with Crippen molar-refractivity contribution in [3.63, 3.8) is 0 Å². The molecule has 3 aliphatic rings. The van der Waals surface area contributed by atoms with E-state index < -0.39 is 0 Å². The maximum Gasteiger partial charge on any atom is 0.00965 e. The van der Waals surface area contributed by atoms with Crippen LogP contribution in [0.3, 0.4) is 0 Å². The molecule has 0 radical (unpaired) electrons. The molecular weight excluding hydrogens is 304 g/mol. The molecule has 2 atom stereocenters. The fourth-order valence-electron chi connectivity index (χ4n) is 5.21. The summed E-state index contributed by atoms with van der Waals surface area (Å²) in [5.74, 6) is 0.903. The second-order valence-electron chi connectivity index (χ2n) is 11.5. The van der Waals surface area contributed by atoms with E-state index in [9.17, 15) is 0 Å². The van der Waals surface area contributed by atoms with Crippen LogP contribution < -0.4 is 0 Å². The zero-order valence-corrected chi connectivity index (χ0v) is 18.0. The normalized spacial score (nSPS) is 33.6. The van der Waals surface area contributed by atoms with Gasteiger partial charge >= 0.3 is 0 Å². The van der Waals surface area contributed by atoms with Gasteiger partial charge in [0.2, 0.25) is 0 Å². The summed E-state index contributed by atoms with van der Waals surface area (Å²) in [6.07, 6.45) is 9.96. The van der Waals surface area contributed by atoms with Crippen LogP contribution in [0, 0.1) is 22.2 Å². The maximum absolute atomic E-state index is 2.81. The molecule has 2 nitrogen and oxygen atoms in total. The molecule has 0 N–H and O–H groups in total. The van der Waals surface area contributed by atoms with Crippen LogP contribution in [0.25, 0.3) is 0 Å². The first kappa shape index (κ1) is 19.7. The van der Waals surface area contributed by atoms with Crippen molar-refractivity contribution in [2.75, 3.05) is 32.7 Å². The summed E-state index contributed by atoms with van der Waals surface area (Å²) in [6.45, 7) is 21.6. The molecule has 0 spiro atoms. The van der Waals surface area contributed by atoms with Gasteiger partial charge in [-0.1, -0.05) is 41.5 Å². The Morgan fingerprint density at radius 2 is 1.68 bits per heavy atom. The SMILES string of the molecule is CC(C)(CCN1CCCC(C)(C(C)(C)C)C1)C1CCCN(C2CC2)C1. The van der Waals surface area contributed by atoms with Crippen LogP contribution in [-0.2, 0) is 0 Å². The molecule has 0 aromatic heterocycles. The first-order chi connectivity index (χ1) is 11.6. The molecule has 3 fully saturated rings. The van der Waals surface area contributed by atoms with Crippen molar-refractivity contribution < 1.29 is 0 Å². The minimum atomic E-state index is 0.412. The molecule has 0 bridgehead atoms. The average molecular weight is 349 g/mol. The van der Waals surface area contributed by atoms with Crippen molar-refractivity contribution >= 4 is 0 Å². The number of hydrogen-bond acceptors (Lipinski definition) is 2. The fourth-order valence-corrected chi connectivity index (χ4v) is 5.21. The lowest BCUT2D eigenvalue weighted by atomic mass is 9.63. The molecule has 2 heteroatoms. The maximum atomic E-state index is 2.81. The second kappa shape index (κ2) is 7.15. The monoisotopic (exact) mass is 348 g/mol. The lowest BCUT2D eigenvalue weighted by Crippen LogP contribution is -2.49. The predicted molar refractivity (Wildman–Crippen MR) is 109 cm³/mol. The largest absolute Gasteiger partial charge is 0.303 e. The Kier molecular flexibility index (Phi) is 5.63. The number of rotatable bonds is 5. The van der Waals surface area contributed by atoms with Gasteiger partial charge in [0.1, 0.15) is 0 Å². The highest BCUT2D eigenvalue weighted by Gasteiger charge is 2.42. The third kappa shape index (κ3) is 4.61. The summed E-state index contributed by atoms with van der Waals surface area (Å²) in [4.78, 5) is 5.60. The smallest absolute Gasteiger partial charge is 0.00965 e. The van der Waals surface area contributed by atoms with Gasteiger partial charge in [0, 0.05) is 19.1 Å². The van der Waals surface area contributed by atoms with E-state index in [1.165, 1.54) is 77.7 Å². The number of likely N-dealkylation sites (tertiary alicyclic amines) is 2. The predicted octanol–water partition coefficient (Wildman–Crippen LogP) is 5.43. The van der Waals surface area contributed by atoms with Gasteiger partial charge in [0.15, 0.2) is 0 Å². The van der Waals surface area contributed by atoms with E-state index in [0.717, 1.165) is 12.0 Å². The third-order valence-corrected chi connectivity index (χ3v) is 8.28. The Hall–Kier alpha value is -0.0800. The van der Waals surface area contributed by atoms with Gasteiger partial charge in [-0.15, -0.1) is 0 Å². The minimum absolute atomic E-state index is 0.412. The molecule has 2 unspecified atom stereocenters. The molecule has 25 heavy (non-hydrogen) atoms. The van der Waals surface area contributed by atoms with E-state index in [0.29, 0.717) is 16.2 Å². The molecule has 1 aliphatic carbocycles. The van der Waals surface area contributed by atoms with Gasteiger partial charge in [-0.05, 0) is 86.7 Å². The molecular formula is C23H44N2. The average Bonchev–Trinajstić information content (AvgIpc) is 3.37. The molecule has 146 valence electrons. The van der Waals surface area contributed by atoms with E-state index in [-0.39, 0.29) is 0 Å². The Morgan fingerprint density at radius 3 is 2.32 bits per heavy atom. The van der Waals surface area contributed by atoms with Crippen LogP contribution in [0.2, 0.25) is 0 Å². The fraction of sp³-hybridized carbons (Fsp3) is 1.00. The van der Waals surface area contributed by atoms with E-state index in [2.05, 4.69) is 51.3 Å². The Bertz CT molecular complexity index is 445. The molecule has 2 heterocycles. The highest BCUT2D eigenvalue weighted by Crippen LogP contribution is 2.45. The molecule has 0 aromatic carbocycles. The number of hydrogen-bond donors (Lipinski definition) is 0. The lowest BCUT2D eigenvalue weighted by Gasteiger charge is -2.49. The Labute approximate surface area is 157 Å². The van der Waals surface area contributed by atoms with Gasteiger partial charge in [-0.25, -0.2) is 0 Å². The molecule has 3 rings (SSSR count). The topological polar surface area (TPSA) is 6.48 Å². The summed E-state index contributed by atoms with van der Waals surface area (Å²) >= 11 is 0. The zero-order chi connectivity index (χ0) is 18.3. The zero-order valence-electron chi connectivity index (χ0n) is 18.0. The van der Waals surface area contributed by atoms with Crippen molar-refractivity contribution in [2.24, 2.45) is 22.2 Å². The molecule has 2 aliphatic heterocycles. The van der Waals surface area contributed by atoms with Crippen LogP contribution >= 0.6 is 0 Å². The van der Waals surface area contributed by atoms with E-state index in [1.807, 2.05) is 0 Å². The van der Waals surface area contributed by atoms with E-state index >= 15 is 0 Å². The number of piperidine rings is 2. The van der Waals surface area contributed by atoms with Gasteiger partial charge in [0.25, 0.3) is 0 Å². The van der Waals surface area contributed by atoms with Crippen LogP contribution in [0.1, 0.15) is 86.5 Å². The van der Waals surface area contributed by atoms with E-state index in [1.54, 1.807) is 0 Å². The summed E-state index contributed by atoms with van der Waals surface area (Å²) in [7, 11) is 0. The minimum Gasteiger partial charge on any atom is -0.303 e. The summed E-state index contributed by atoms with van der Waals surface area (Å²) in [5, 5.41) is 0. The Morgan fingerprint density at radius 1 is 0.960 bits per heavy atom. The van der Waals surface area contributed by atoms with Crippen molar-refractivity contribution in [1.29, 1.82) is 0 Å². The van der Waals surface area contributed by atoms with Crippen LogP contribution in [0.4, 0.5) is 0 Å². The van der Waals surface area contributed by atoms with Crippen molar-refractivity contribution in [1.82, 2.24) is 9.80 Å². The first-order valence-corrected chi connectivity index (χ1v) is 11.1. The van der Waals surface area contributed by atoms with Gasteiger partial charge in [-0.2, -0.15) is 0 Å². The highest BCUT2D eigenvalue weighted by molar-refractivity contribution is 4.94. The summed E-state index contributed by atoms with van der Waals surface area (Å²) in [6, 6.07) is 0.952. The van der Waals surface area contributed by atoms with Crippen LogP contribution in [-0.4, -0.2) is 48.6 Å². The highest BCUT2D eigenvalue weighted by atomic mass is 15.2. The Balaban J connectivity index is 1.52. The van der Waals surface area contributed by atoms with Crippen molar-refractivity contribution in [3.05, 3.63) is 0 Å². The summed E-state index contributed by atoms with van der Waals surface area (Å²) < 4.78 is 0. The van der Waals surface area contributed by atoms with E-state index in [4.69, 9.17) is 0 Å². The van der Waals surface area contributed by atoms with Crippen molar-refractivity contribution in [3.8, 4) is 0 Å². The molecule has 1 saturated carbocycles. The number of nitrogens with zero attached hydrogens (tertiary/aromatic N) is 2. The molecule has 0 aromatic rings. The molecule has 0 amide bonds. The summed E-state index contributed by atoms with van der Waals surface area (Å²) in [5.41, 5.74) is 1.38. The van der Waals surface area contributed by atoms with Crippen LogP contribution in [0.5, 0.6) is 0 Å². The van der Waals surface area contributed by atoms with Gasteiger partial charge in [0.05, 0.1) is 0 Å². The second-order valence-corrected chi connectivity index (χ2v) is 11.5. The standard InChI is InChI=1S/C23H44N2/c1-21(2,3)23(6)12-8-14-24(18-23)16-13-22(4,5)19-9-7-15-25(17-19)20-10-11-20/h19-20H,7-18H2,1-6H3. The third-order valence-electron chi connectivity index (χ3n) is 8.28. The van der Waals surface area contributed by atoms with Crippen molar-refractivity contribution in [2.45, 2.75) is 92.5 Å². The van der Waals surface area contributed by atoms with Gasteiger partial charge < -0.3 is 9.80 Å². The lowest BCUT2D eigenvalue weighted by molar-refractivity contribution is -0.0000747. The first-order valence-electron chi connectivity index (χ1n) is 11.1. The van der Waals surface area contributed by atoms with Crippen LogP contribution in [0.15, 0.2) is 0 Å². The molecule has 2 saturated heterocycles.